The lowest BCUT2D eigenvalue weighted by Gasteiger charge is -2.54. The van der Waals surface area contributed by atoms with Crippen LogP contribution in [0.4, 0.5) is 10.5 Å². The van der Waals surface area contributed by atoms with Crippen molar-refractivity contribution >= 4 is 23.7 Å². The van der Waals surface area contributed by atoms with E-state index in [2.05, 4.69) is 0 Å². The molecule has 4 rings (SSSR count). The lowest BCUT2D eigenvalue weighted by molar-refractivity contribution is -0.253. The van der Waals surface area contributed by atoms with Crippen LogP contribution in [0.5, 0.6) is 0 Å². The first-order valence-corrected chi connectivity index (χ1v) is 9.51. The fraction of sp³-hybridized carbons (Fsp3) is 0.550. The molecule has 0 radical (unpaired) electrons. The molecule has 3 aliphatic heterocycles. The monoisotopic (exact) mass is 388 g/mol. The molecule has 2 saturated heterocycles. The van der Waals surface area contributed by atoms with Crippen LogP contribution in [0.1, 0.15) is 26.3 Å². The van der Waals surface area contributed by atoms with Crippen molar-refractivity contribution in [1.82, 2.24) is 4.90 Å². The number of amides is 1. The van der Waals surface area contributed by atoms with Gasteiger partial charge in [0, 0.05) is 45.6 Å². The van der Waals surface area contributed by atoms with Crippen molar-refractivity contribution in [3.05, 3.63) is 29.8 Å². The van der Waals surface area contributed by atoms with Crippen molar-refractivity contribution in [2.24, 2.45) is 5.41 Å². The minimum atomic E-state index is -1.52. The summed E-state index contributed by atoms with van der Waals surface area (Å²) >= 11 is 0. The van der Waals surface area contributed by atoms with Crippen LogP contribution < -0.4 is 4.90 Å². The van der Waals surface area contributed by atoms with Gasteiger partial charge in [-0.25, -0.2) is 4.79 Å². The number of cyclic esters (lactones) is 2. The second-order valence-corrected chi connectivity index (χ2v) is 7.81. The Balaban J connectivity index is 1.78. The number of para-hydroxylation sites is 1. The fourth-order valence-corrected chi connectivity index (χ4v) is 4.38. The SMILES string of the molecule is CCOC(=O)N1CCN2c3ccccc3CC3(C(=O)OC(C)(C)OC3=O)[C@@H]2C1. The van der Waals surface area contributed by atoms with Crippen molar-refractivity contribution in [2.75, 3.05) is 31.1 Å². The Bertz CT molecular complexity index is 816. The first-order valence-electron chi connectivity index (χ1n) is 9.51. The van der Waals surface area contributed by atoms with E-state index in [4.69, 9.17) is 14.2 Å². The highest BCUT2D eigenvalue weighted by atomic mass is 16.7. The van der Waals surface area contributed by atoms with E-state index >= 15 is 0 Å². The minimum Gasteiger partial charge on any atom is -0.450 e. The smallest absolute Gasteiger partial charge is 0.409 e. The summed E-state index contributed by atoms with van der Waals surface area (Å²) in [7, 11) is 0. The molecule has 1 amide bonds. The molecule has 0 unspecified atom stereocenters. The summed E-state index contributed by atoms with van der Waals surface area (Å²) in [6.07, 6.45) is -0.275. The zero-order valence-electron chi connectivity index (χ0n) is 16.3. The molecule has 8 heteroatoms. The molecule has 0 saturated carbocycles. The first-order chi connectivity index (χ1) is 13.3. The average Bonchev–Trinajstić information content (AvgIpc) is 2.65. The van der Waals surface area contributed by atoms with Gasteiger partial charge in [0.1, 0.15) is 0 Å². The average molecular weight is 388 g/mol. The van der Waals surface area contributed by atoms with Crippen molar-refractivity contribution in [3.63, 3.8) is 0 Å². The summed E-state index contributed by atoms with van der Waals surface area (Å²) in [5, 5.41) is 0. The molecule has 0 N–H and O–H groups in total. The van der Waals surface area contributed by atoms with Gasteiger partial charge in [-0.05, 0) is 18.6 Å². The van der Waals surface area contributed by atoms with Gasteiger partial charge in [0.05, 0.1) is 12.6 Å². The summed E-state index contributed by atoms with van der Waals surface area (Å²) in [6, 6.07) is 7.10. The summed E-state index contributed by atoms with van der Waals surface area (Å²) in [4.78, 5) is 42.2. The number of fused-ring (bicyclic) bond motifs is 4. The van der Waals surface area contributed by atoms with Gasteiger partial charge < -0.3 is 24.0 Å². The van der Waals surface area contributed by atoms with Gasteiger partial charge >= 0.3 is 18.0 Å². The second-order valence-electron chi connectivity index (χ2n) is 7.81. The van der Waals surface area contributed by atoms with E-state index in [0.29, 0.717) is 13.1 Å². The summed E-state index contributed by atoms with van der Waals surface area (Å²) < 4.78 is 16.1. The van der Waals surface area contributed by atoms with Crippen LogP contribution >= 0.6 is 0 Å². The van der Waals surface area contributed by atoms with Gasteiger partial charge in [-0.3, -0.25) is 9.59 Å². The highest BCUT2D eigenvalue weighted by molar-refractivity contribution is 6.04. The van der Waals surface area contributed by atoms with Gasteiger partial charge in [0.15, 0.2) is 5.41 Å². The number of ether oxygens (including phenoxy) is 3. The van der Waals surface area contributed by atoms with Crippen LogP contribution in [-0.2, 0) is 30.2 Å². The Morgan fingerprint density at radius 1 is 1.18 bits per heavy atom. The van der Waals surface area contributed by atoms with E-state index in [9.17, 15) is 14.4 Å². The van der Waals surface area contributed by atoms with Crippen LogP contribution in [0.2, 0.25) is 0 Å². The summed E-state index contributed by atoms with van der Waals surface area (Å²) in [5.41, 5.74) is 0.332. The maximum absolute atomic E-state index is 13.2. The van der Waals surface area contributed by atoms with Gasteiger partial charge in [0.25, 0.3) is 5.79 Å². The van der Waals surface area contributed by atoms with Crippen LogP contribution in [0.15, 0.2) is 24.3 Å². The largest absolute Gasteiger partial charge is 0.450 e. The normalized spacial score (nSPS) is 24.8. The quantitative estimate of drug-likeness (QED) is 0.535. The van der Waals surface area contributed by atoms with Crippen LogP contribution in [0.3, 0.4) is 0 Å². The third-order valence-corrected chi connectivity index (χ3v) is 5.65. The third-order valence-electron chi connectivity index (χ3n) is 5.65. The lowest BCUT2D eigenvalue weighted by atomic mass is 9.69. The molecule has 3 aliphatic rings. The van der Waals surface area contributed by atoms with Crippen molar-refractivity contribution in [3.8, 4) is 0 Å². The van der Waals surface area contributed by atoms with Gasteiger partial charge in [-0.1, -0.05) is 18.2 Å². The number of hydrogen-bond donors (Lipinski definition) is 0. The Kier molecular flexibility index (Phi) is 4.24. The Hall–Kier alpha value is -2.77. The van der Waals surface area contributed by atoms with E-state index < -0.39 is 35.3 Å². The Labute approximate surface area is 163 Å². The standard InChI is InChI=1S/C20H24N2O6/c1-4-26-18(25)21-9-10-22-14-8-6-5-7-13(14)11-20(15(22)12-21)16(23)27-19(2,3)28-17(20)24/h5-8,15H,4,9-12H2,1-3H3/t15-/m0/s1. The number of carbonyl (C=O) groups excluding carboxylic acids is 3. The minimum absolute atomic E-state index is 0.175. The zero-order valence-corrected chi connectivity index (χ0v) is 16.3. The Morgan fingerprint density at radius 2 is 1.86 bits per heavy atom. The van der Waals surface area contributed by atoms with E-state index in [-0.39, 0.29) is 19.6 Å². The lowest BCUT2D eigenvalue weighted by Crippen LogP contribution is -2.71. The number of piperazine rings is 1. The molecule has 0 aromatic heterocycles. The number of anilines is 1. The highest BCUT2D eigenvalue weighted by Gasteiger charge is 2.65. The van der Waals surface area contributed by atoms with Crippen molar-refractivity contribution < 1.29 is 28.6 Å². The van der Waals surface area contributed by atoms with E-state index in [1.807, 2.05) is 29.2 Å². The molecule has 1 atom stereocenters. The van der Waals surface area contributed by atoms with Gasteiger partial charge in [0.2, 0.25) is 0 Å². The van der Waals surface area contributed by atoms with Gasteiger partial charge in [-0.2, -0.15) is 0 Å². The molecular weight excluding hydrogens is 364 g/mol. The molecule has 1 aromatic carbocycles. The maximum atomic E-state index is 13.2. The number of carbonyl (C=O) groups is 3. The predicted molar refractivity (Wildman–Crippen MR) is 98.6 cm³/mol. The van der Waals surface area contributed by atoms with Crippen LogP contribution in [0.25, 0.3) is 0 Å². The maximum Gasteiger partial charge on any atom is 0.409 e. The van der Waals surface area contributed by atoms with Crippen molar-refractivity contribution in [2.45, 2.75) is 39.0 Å². The summed E-state index contributed by atoms with van der Waals surface area (Å²) in [5.74, 6) is -2.52. The van der Waals surface area contributed by atoms with E-state index in [1.54, 1.807) is 11.8 Å². The van der Waals surface area contributed by atoms with Gasteiger partial charge in [-0.15, -0.1) is 0 Å². The number of benzene rings is 1. The molecule has 0 bridgehead atoms. The molecule has 0 aliphatic carbocycles. The zero-order chi connectivity index (χ0) is 20.1. The van der Waals surface area contributed by atoms with Crippen LogP contribution in [-0.4, -0.2) is 61.0 Å². The molecule has 150 valence electrons. The molecule has 1 spiro atoms. The third kappa shape index (κ3) is 2.70. The van der Waals surface area contributed by atoms with Crippen molar-refractivity contribution in [1.29, 1.82) is 0 Å². The molecular formula is C20H24N2O6. The van der Waals surface area contributed by atoms with Crippen LogP contribution in [0, 0.1) is 5.41 Å². The number of rotatable bonds is 1. The highest BCUT2D eigenvalue weighted by Crippen LogP contribution is 2.47. The molecule has 28 heavy (non-hydrogen) atoms. The number of hydrogen-bond acceptors (Lipinski definition) is 7. The molecule has 1 aromatic rings. The van der Waals surface area contributed by atoms with E-state index in [0.717, 1.165) is 11.3 Å². The second kappa shape index (κ2) is 6.39. The molecule has 3 heterocycles. The predicted octanol–water partition coefficient (Wildman–Crippen LogP) is 1.71. The first kappa shape index (κ1) is 18.6. The number of nitrogens with zero attached hydrogens (tertiary/aromatic N) is 2. The van der Waals surface area contributed by atoms with E-state index in [1.165, 1.54) is 13.8 Å². The fourth-order valence-electron chi connectivity index (χ4n) is 4.38. The summed E-state index contributed by atoms with van der Waals surface area (Å²) in [6.45, 7) is 6.17. The molecule has 2 fully saturated rings. The Morgan fingerprint density at radius 3 is 2.54 bits per heavy atom. The topological polar surface area (TPSA) is 85.4 Å². The molecule has 8 nitrogen and oxygen atoms in total. The number of esters is 2.